The Balaban J connectivity index is 2.14. The van der Waals surface area contributed by atoms with E-state index in [0.717, 1.165) is 0 Å². The monoisotopic (exact) mass is 432 g/mol. The molecule has 2 unspecified atom stereocenters. The number of fused-ring (bicyclic) bond motifs is 1. The molecule has 2 aliphatic heterocycles. The molecule has 1 saturated heterocycles. The molecule has 2 heterocycles. The molecule has 30 heavy (non-hydrogen) atoms. The predicted octanol–water partition coefficient (Wildman–Crippen LogP) is 3.22. The van der Waals surface area contributed by atoms with Crippen LogP contribution in [-0.4, -0.2) is 46.4 Å². The smallest absolute Gasteiger partial charge is 0.338 e. The van der Waals surface area contributed by atoms with Gasteiger partial charge in [-0.3, -0.25) is 14.5 Å². The summed E-state index contributed by atoms with van der Waals surface area (Å²) in [6.07, 6.45) is -0.327. The molecule has 0 radical (unpaired) electrons. The molecule has 1 aromatic carbocycles. The molecule has 0 aliphatic carbocycles. The quantitative estimate of drug-likeness (QED) is 0.521. The number of ether oxygens (including phenoxy) is 3. The van der Waals surface area contributed by atoms with Crippen LogP contribution < -0.4 is 9.47 Å². The standard InChI is InChI=1S/C21H24N2O6S/c1-10(2)28-20(26)17-11(3)22-21-23(19(25)12(4)30-21)18(17)14-7-8-15(29-13(5)24)16(9-14)27-6/h7-10,12,18H,1-6H3. The van der Waals surface area contributed by atoms with E-state index in [1.54, 1.807) is 45.9 Å². The second kappa shape index (κ2) is 8.51. The van der Waals surface area contributed by atoms with Gasteiger partial charge in [0.1, 0.15) is 0 Å². The third-order valence-electron chi connectivity index (χ3n) is 4.58. The Hall–Kier alpha value is -2.81. The normalized spacial score (nSPS) is 20.8. The van der Waals surface area contributed by atoms with Crippen LogP contribution in [-0.2, 0) is 19.1 Å². The van der Waals surface area contributed by atoms with E-state index in [1.807, 2.05) is 0 Å². The van der Waals surface area contributed by atoms with Gasteiger partial charge >= 0.3 is 11.9 Å². The highest BCUT2D eigenvalue weighted by molar-refractivity contribution is 8.15. The Bertz CT molecular complexity index is 968. The van der Waals surface area contributed by atoms with Crippen LogP contribution in [0.2, 0.25) is 0 Å². The first kappa shape index (κ1) is 21.9. The van der Waals surface area contributed by atoms with Crippen LogP contribution >= 0.6 is 11.8 Å². The zero-order valence-electron chi connectivity index (χ0n) is 17.7. The zero-order chi connectivity index (χ0) is 22.2. The second-order valence-electron chi connectivity index (χ2n) is 7.22. The van der Waals surface area contributed by atoms with Gasteiger partial charge in [-0.05, 0) is 45.4 Å². The van der Waals surface area contributed by atoms with Crippen molar-refractivity contribution in [1.29, 1.82) is 0 Å². The highest BCUT2D eigenvalue weighted by atomic mass is 32.2. The first-order valence-corrected chi connectivity index (χ1v) is 10.4. The van der Waals surface area contributed by atoms with Gasteiger partial charge < -0.3 is 14.2 Å². The molecular formula is C21H24N2O6S. The number of aliphatic imine (C=N–C) groups is 1. The van der Waals surface area contributed by atoms with Crippen molar-refractivity contribution in [3.8, 4) is 11.5 Å². The van der Waals surface area contributed by atoms with Crippen LogP contribution in [0.3, 0.4) is 0 Å². The summed E-state index contributed by atoms with van der Waals surface area (Å²) in [7, 11) is 1.45. The Kier molecular flexibility index (Phi) is 6.21. The van der Waals surface area contributed by atoms with Gasteiger partial charge in [0.25, 0.3) is 0 Å². The van der Waals surface area contributed by atoms with Crippen molar-refractivity contribution >= 4 is 34.8 Å². The van der Waals surface area contributed by atoms with E-state index in [2.05, 4.69) is 4.99 Å². The summed E-state index contributed by atoms with van der Waals surface area (Å²) in [5.74, 6) is -0.593. The molecule has 2 atom stereocenters. The number of allylic oxidation sites excluding steroid dienone is 1. The predicted molar refractivity (Wildman–Crippen MR) is 112 cm³/mol. The van der Waals surface area contributed by atoms with Gasteiger partial charge in [0, 0.05) is 6.92 Å². The summed E-state index contributed by atoms with van der Waals surface area (Å²) in [6, 6.07) is 4.21. The van der Waals surface area contributed by atoms with E-state index in [1.165, 1.54) is 30.7 Å². The van der Waals surface area contributed by atoms with E-state index in [-0.39, 0.29) is 28.6 Å². The number of carbonyl (C=O) groups is 3. The van der Waals surface area contributed by atoms with Gasteiger partial charge in [0.05, 0.1) is 35.8 Å². The lowest BCUT2D eigenvalue weighted by Gasteiger charge is -2.33. The summed E-state index contributed by atoms with van der Waals surface area (Å²) in [5, 5.41) is 0.223. The SMILES string of the molecule is COc1cc(C2C(C(=O)OC(C)C)=C(C)N=C3SC(C)C(=O)N32)ccc1OC(C)=O. The van der Waals surface area contributed by atoms with Gasteiger partial charge in [-0.15, -0.1) is 0 Å². The van der Waals surface area contributed by atoms with E-state index in [0.29, 0.717) is 22.2 Å². The second-order valence-corrected chi connectivity index (χ2v) is 8.53. The minimum atomic E-state index is -0.728. The van der Waals surface area contributed by atoms with Crippen LogP contribution in [0.15, 0.2) is 34.5 Å². The maximum absolute atomic E-state index is 13.0. The minimum Gasteiger partial charge on any atom is -0.493 e. The fraction of sp³-hybridized carbons (Fsp3) is 0.429. The number of amidine groups is 1. The van der Waals surface area contributed by atoms with Crippen LogP contribution in [0.25, 0.3) is 0 Å². The lowest BCUT2D eigenvalue weighted by molar-refractivity contribution is -0.143. The van der Waals surface area contributed by atoms with E-state index < -0.39 is 18.0 Å². The van der Waals surface area contributed by atoms with Crippen molar-refractivity contribution in [1.82, 2.24) is 4.90 Å². The number of esters is 2. The number of methoxy groups -OCH3 is 1. The molecule has 0 spiro atoms. The minimum absolute atomic E-state index is 0.144. The average Bonchev–Trinajstić information content (AvgIpc) is 2.93. The van der Waals surface area contributed by atoms with Crippen LogP contribution in [0.4, 0.5) is 0 Å². The summed E-state index contributed by atoms with van der Waals surface area (Å²) in [4.78, 5) is 43.3. The molecule has 8 nitrogen and oxygen atoms in total. The van der Waals surface area contributed by atoms with Crippen molar-refractivity contribution in [2.45, 2.75) is 52.0 Å². The maximum Gasteiger partial charge on any atom is 0.338 e. The van der Waals surface area contributed by atoms with Crippen molar-refractivity contribution in [3.63, 3.8) is 0 Å². The first-order chi connectivity index (χ1) is 14.1. The number of carbonyl (C=O) groups excluding carboxylic acids is 3. The van der Waals surface area contributed by atoms with Gasteiger partial charge in [0.2, 0.25) is 5.91 Å². The fourth-order valence-corrected chi connectivity index (χ4v) is 4.38. The number of thioether (sulfide) groups is 1. The van der Waals surface area contributed by atoms with Crippen molar-refractivity contribution < 1.29 is 28.6 Å². The van der Waals surface area contributed by atoms with Crippen LogP contribution in [0.5, 0.6) is 11.5 Å². The number of hydrogen-bond acceptors (Lipinski definition) is 8. The molecule has 0 bridgehead atoms. The molecule has 0 N–H and O–H groups in total. The highest BCUT2D eigenvalue weighted by Gasteiger charge is 2.46. The summed E-state index contributed by atoms with van der Waals surface area (Å²) < 4.78 is 16.0. The molecule has 1 aromatic rings. The molecule has 160 valence electrons. The zero-order valence-corrected chi connectivity index (χ0v) is 18.5. The van der Waals surface area contributed by atoms with Gasteiger partial charge in [-0.2, -0.15) is 0 Å². The van der Waals surface area contributed by atoms with E-state index in [4.69, 9.17) is 14.2 Å². The molecule has 0 aromatic heterocycles. The summed E-state index contributed by atoms with van der Waals surface area (Å²) in [5.41, 5.74) is 1.40. The molecule has 1 fully saturated rings. The largest absolute Gasteiger partial charge is 0.493 e. The third-order valence-corrected chi connectivity index (χ3v) is 5.63. The van der Waals surface area contributed by atoms with Gasteiger partial charge in [-0.1, -0.05) is 17.8 Å². The van der Waals surface area contributed by atoms with Crippen molar-refractivity contribution in [2.24, 2.45) is 4.99 Å². The lowest BCUT2D eigenvalue weighted by Crippen LogP contribution is -2.40. The Labute approximate surface area is 179 Å². The van der Waals surface area contributed by atoms with Crippen molar-refractivity contribution in [2.75, 3.05) is 7.11 Å². The lowest BCUT2D eigenvalue weighted by atomic mass is 9.94. The molecular weight excluding hydrogens is 408 g/mol. The molecule has 9 heteroatoms. The molecule has 0 saturated carbocycles. The number of amides is 1. The number of hydrogen-bond donors (Lipinski definition) is 0. The Morgan fingerprint density at radius 2 is 1.93 bits per heavy atom. The Morgan fingerprint density at radius 1 is 1.23 bits per heavy atom. The Morgan fingerprint density at radius 3 is 2.53 bits per heavy atom. The average molecular weight is 432 g/mol. The number of rotatable bonds is 5. The van der Waals surface area contributed by atoms with Gasteiger partial charge in [0.15, 0.2) is 16.7 Å². The molecule has 2 aliphatic rings. The van der Waals surface area contributed by atoms with Crippen molar-refractivity contribution in [3.05, 3.63) is 35.0 Å². The number of nitrogens with zero attached hydrogens (tertiary/aromatic N) is 2. The molecule has 3 rings (SSSR count). The van der Waals surface area contributed by atoms with Crippen LogP contribution in [0.1, 0.15) is 46.2 Å². The summed E-state index contributed by atoms with van der Waals surface area (Å²) in [6.45, 7) is 8.35. The third kappa shape index (κ3) is 4.07. The van der Waals surface area contributed by atoms with Gasteiger partial charge in [-0.25, -0.2) is 9.79 Å². The van der Waals surface area contributed by atoms with Crippen LogP contribution in [0, 0.1) is 0 Å². The fourth-order valence-electron chi connectivity index (χ4n) is 3.35. The number of benzene rings is 1. The van der Waals surface area contributed by atoms with E-state index >= 15 is 0 Å². The summed E-state index contributed by atoms with van der Waals surface area (Å²) >= 11 is 1.35. The molecule has 1 amide bonds. The topological polar surface area (TPSA) is 94.5 Å². The van der Waals surface area contributed by atoms with E-state index in [9.17, 15) is 14.4 Å². The first-order valence-electron chi connectivity index (χ1n) is 9.50. The highest BCUT2D eigenvalue weighted by Crippen LogP contribution is 2.44. The maximum atomic E-state index is 13.0.